The van der Waals surface area contributed by atoms with Crippen molar-refractivity contribution in [1.82, 2.24) is 10.3 Å². The Bertz CT molecular complexity index is 446. The van der Waals surface area contributed by atoms with Crippen molar-refractivity contribution in [3.8, 4) is 0 Å². The Morgan fingerprint density at radius 1 is 1.55 bits per heavy atom. The number of amides is 1. The molecule has 0 spiro atoms. The van der Waals surface area contributed by atoms with E-state index < -0.39 is 0 Å². The highest BCUT2D eigenvalue weighted by Gasteiger charge is 2.16. The van der Waals surface area contributed by atoms with Crippen molar-refractivity contribution < 1.29 is 9.53 Å². The average Bonchev–Trinajstić information content (AvgIpc) is 2.73. The molecule has 0 aliphatic rings. The number of aromatic nitrogens is 1. The van der Waals surface area contributed by atoms with Crippen LogP contribution in [0.15, 0.2) is 12.7 Å². The highest BCUT2D eigenvalue weighted by Crippen LogP contribution is 2.25. The summed E-state index contributed by atoms with van der Waals surface area (Å²) in [6, 6.07) is 0.245. The molecule has 1 aromatic rings. The Labute approximate surface area is 123 Å². The first kappa shape index (κ1) is 16.5. The van der Waals surface area contributed by atoms with Crippen LogP contribution in [0.5, 0.6) is 0 Å². The molecule has 0 radical (unpaired) electrons. The number of hydrogen-bond donors (Lipinski definition) is 3. The lowest BCUT2D eigenvalue weighted by Crippen LogP contribution is -2.27. The summed E-state index contributed by atoms with van der Waals surface area (Å²) in [6.07, 6.45) is 2.60. The van der Waals surface area contributed by atoms with Gasteiger partial charge in [-0.25, -0.2) is 4.98 Å². The van der Waals surface area contributed by atoms with E-state index in [2.05, 4.69) is 22.2 Å². The minimum Gasteiger partial charge on any atom is -0.382 e. The molecule has 1 rings (SSSR count). The maximum atomic E-state index is 11.9. The van der Waals surface area contributed by atoms with Gasteiger partial charge in [0.2, 0.25) is 0 Å². The molecule has 4 N–H and O–H groups in total. The van der Waals surface area contributed by atoms with E-state index in [4.69, 9.17) is 10.5 Å². The molecule has 0 bridgehead atoms. The number of nitrogens with one attached hydrogen (secondary N) is 2. The van der Waals surface area contributed by atoms with Crippen molar-refractivity contribution in [2.45, 2.75) is 26.3 Å². The third-order valence-electron chi connectivity index (χ3n) is 2.27. The largest absolute Gasteiger partial charge is 0.382 e. The fourth-order valence-electron chi connectivity index (χ4n) is 1.39. The molecule has 0 saturated heterocycles. The van der Waals surface area contributed by atoms with E-state index in [1.165, 1.54) is 11.3 Å². The fraction of sp³-hybridized carbons (Fsp3) is 0.538. The summed E-state index contributed by atoms with van der Waals surface area (Å²) in [6.45, 7) is 9.13. The molecule has 1 amide bonds. The van der Waals surface area contributed by atoms with Crippen LogP contribution in [0.3, 0.4) is 0 Å². The first-order valence-corrected chi connectivity index (χ1v) is 7.36. The van der Waals surface area contributed by atoms with Gasteiger partial charge in [-0.1, -0.05) is 17.4 Å². The number of carbonyl (C=O) groups excluding carboxylic acids is 1. The zero-order valence-corrected chi connectivity index (χ0v) is 12.8. The lowest BCUT2D eigenvalue weighted by molar-refractivity contribution is 0.0922. The van der Waals surface area contributed by atoms with Crippen LogP contribution in [-0.4, -0.2) is 36.7 Å². The van der Waals surface area contributed by atoms with Gasteiger partial charge >= 0.3 is 0 Å². The normalized spacial score (nSPS) is 10.6. The van der Waals surface area contributed by atoms with E-state index in [0.29, 0.717) is 29.8 Å². The number of nitrogens with zero attached hydrogens (tertiary/aromatic N) is 1. The molecule has 0 fully saturated rings. The van der Waals surface area contributed by atoms with Gasteiger partial charge in [-0.3, -0.25) is 4.79 Å². The number of rotatable bonds is 9. The third kappa shape index (κ3) is 5.58. The topological polar surface area (TPSA) is 89.3 Å². The molecule has 0 saturated carbocycles. The van der Waals surface area contributed by atoms with Gasteiger partial charge in [0.05, 0.1) is 13.2 Å². The second-order valence-corrected chi connectivity index (χ2v) is 5.48. The summed E-state index contributed by atoms with van der Waals surface area (Å²) in [7, 11) is 0. The van der Waals surface area contributed by atoms with Crippen LogP contribution in [0.1, 0.15) is 29.9 Å². The number of nitrogen functional groups attached to an aromatic ring is 1. The fourth-order valence-corrected chi connectivity index (χ4v) is 2.34. The van der Waals surface area contributed by atoms with Crippen molar-refractivity contribution >= 4 is 28.2 Å². The Morgan fingerprint density at radius 2 is 2.30 bits per heavy atom. The molecular formula is C13H22N4O2S. The van der Waals surface area contributed by atoms with Gasteiger partial charge in [-0.05, 0) is 20.3 Å². The molecule has 20 heavy (non-hydrogen) atoms. The van der Waals surface area contributed by atoms with Gasteiger partial charge in [-0.15, -0.1) is 6.58 Å². The molecule has 1 aromatic heterocycles. The summed E-state index contributed by atoms with van der Waals surface area (Å²) in [5.74, 6) is 0.0346. The number of anilines is 2. The quantitative estimate of drug-likeness (QED) is 0.478. The van der Waals surface area contributed by atoms with E-state index in [9.17, 15) is 4.79 Å². The summed E-state index contributed by atoms with van der Waals surface area (Å²) >= 11 is 1.25. The summed E-state index contributed by atoms with van der Waals surface area (Å²) in [4.78, 5) is 16.5. The maximum Gasteiger partial charge on any atom is 0.265 e. The van der Waals surface area contributed by atoms with Gasteiger partial charge in [0.1, 0.15) is 10.7 Å². The minimum atomic E-state index is -0.218. The second kappa shape index (κ2) is 8.55. The summed E-state index contributed by atoms with van der Waals surface area (Å²) in [5.41, 5.74) is 5.74. The van der Waals surface area contributed by atoms with Crippen LogP contribution in [0, 0.1) is 0 Å². The Hall–Kier alpha value is -1.60. The smallest absolute Gasteiger partial charge is 0.265 e. The molecular weight excluding hydrogens is 276 g/mol. The van der Waals surface area contributed by atoms with Gasteiger partial charge in [-0.2, -0.15) is 0 Å². The number of nitrogens with two attached hydrogens (primary N) is 1. The summed E-state index contributed by atoms with van der Waals surface area (Å²) < 4.78 is 5.31. The predicted octanol–water partition coefficient (Wildman–Crippen LogP) is 1.87. The highest BCUT2D eigenvalue weighted by atomic mass is 32.1. The van der Waals surface area contributed by atoms with Crippen LogP contribution in [0.2, 0.25) is 0 Å². The van der Waals surface area contributed by atoms with Gasteiger partial charge < -0.3 is 21.1 Å². The van der Waals surface area contributed by atoms with Crippen LogP contribution in [-0.2, 0) is 4.74 Å². The van der Waals surface area contributed by atoms with Gasteiger partial charge in [0.25, 0.3) is 5.91 Å². The average molecular weight is 298 g/mol. The van der Waals surface area contributed by atoms with Crippen LogP contribution >= 0.6 is 11.3 Å². The lowest BCUT2D eigenvalue weighted by Gasteiger charge is -2.05. The lowest BCUT2D eigenvalue weighted by atomic mass is 10.4. The Morgan fingerprint density at radius 3 is 2.95 bits per heavy atom. The van der Waals surface area contributed by atoms with E-state index in [1.54, 1.807) is 6.08 Å². The Kier molecular flexibility index (Phi) is 7.03. The molecule has 0 aliphatic carbocycles. The zero-order chi connectivity index (χ0) is 15.0. The zero-order valence-electron chi connectivity index (χ0n) is 11.9. The molecule has 0 aromatic carbocycles. The molecule has 6 nitrogen and oxygen atoms in total. The molecule has 0 unspecified atom stereocenters. The molecule has 0 atom stereocenters. The minimum absolute atomic E-state index is 0.218. The van der Waals surface area contributed by atoms with E-state index >= 15 is 0 Å². The molecule has 1 heterocycles. The Balaban J connectivity index is 2.39. The second-order valence-electron chi connectivity index (χ2n) is 4.48. The highest BCUT2D eigenvalue weighted by molar-refractivity contribution is 7.18. The number of hydrogen-bond acceptors (Lipinski definition) is 6. The first-order chi connectivity index (χ1) is 9.54. The maximum absolute atomic E-state index is 11.9. The predicted molar refractivity (Wildman–Crippen MR) is 83.3 cm³/mol. The van der Waals surface area contributed by atoms with Crippen LogP contribution in [0.4, 0.5) is 10.9 Å². The van der Waals surface area contributed by atoms with Gasteiger partial charge in [0, 0.05) is 12.6 Å². The van der Waals surface area contributed by atoms with Crippen molar-refractivity contribution in [2.75, 3.05) is 30.8 Å². The van der Waals surface area contributed by atoms with E-state index in [-0.39, 0.29) is 17.8 Å². The first-order valence-electron chi connectivity index (χ1n) is 6.54. The molecule has 7 heteroatoms. The van der Waals surface area contributed by atoms with Crippen molar-refractivity contribution in [3.63, 3.8) is 0 Å². The summed E-state index contributed by atoms with van der Waals surface area (Å²) in [5, 5.41) is 6.54. The van der Waals surface area contributed by atoms with Crippen molar-refractivity contribution in [1.29, 1.82) is 0 Å². The number of thiazole rings is 1. The van der Waals surface area contributed by atoms with Crippen LogP contribution in [0.25, 0.3) is 0 Å². The molecule has 112 valence electrons. The SMILES string of the molecule is C=CCCOCCNC(=O)c1sc(NC(C)C)nc1N. The van der Waals surface area contributed by atoms with E-state index in [1.807, 2.05) is 13.8 Å². The standard InChI is InChI=1S/C13H22N4O2S/c1-4-5-7-19-8-6-15-12(18)10-11(14)17-13(20-10)16-9(2)3/h4,9H,1,5-8,14H2,2-3H3,(H,15,18)(H,16,17). The number of ether oxygens (including phenoxy) is 1. The third-order valence-corrected chi connectivity index (χ3v) is 3.27. The number of carbonyl (C=O) groups is 1. The van der Waals surface area contributed by atoms with E-state index in [0.717, 1.165) is 6.42 Å². The van der Waals surface area contributed by atoms with Gasteiger partial charge in [0.15, 0.2) is 5.13 Å². The monoisotopic (exact) mass is 298 g/mol. The van der Waals surface area contributed by atoms with Crippen LogP contribution < -0.4 is 16.4 Å². The van der Waals surface area contributed by atoms with Crippen molar-refractivity contribution in [3.05, 3.63) is 17.5 Å². The molecule has 0 aliphatic heterocycles. The van der Waals surface area contributed by atoms with Crippen molar-refractivity contribution in [2.24, 2.45) is 0 Å².